The Morgan fingerprint density at radius 1 is 1.15 bits per heavy atom. The molecule has 1 amide bonds. The number of aromatic hydroxyl groups is 1. The fourth-order valence-corrected chi connectivity index (χ4v) is 3.27. The van der Waals surface area contributed by atoms with Crippen molar-refractivity contribution in [2.24, 2.45) is 0 Å². The highest BCUT2D eigenvalue weighted by atomic mass is 16.3. The van der Waals surface area contributed by atoms with Crippen LogP contribution in [0.3, 0.4) is 0 Å². The predicted octanol–water partition coefficient (Wildman–Crippen LogP) is 4.38. The molecule has 0 radical (unpaired) electrons. The molecule has 0 saturated heterocycles. The minimum atomic E-state index is -0.597. The van der Waals surface area contributed by atoms with Gasteiger partial charge in [0.25, 0.3) is 11.5 Å². The number of carbonyl (C=O) groups excluding carboxylic acids is 1. The van der Waals surface area contributed by atoms with Crippen molar-refractivity contribution in [1.29, 1.82) is 0 Å². The smallest absolute Gasteiger partial charge is 0.267 e. The second-order valence-corrected chi connectivity index (χ2v) is 6.82. The van der Waals surface area contributed by atoms with Crippen molar-refractivity contribution in [2.75, 3.05) is 5.32 Å². The Hall–Kier alpha value is -3.08. The molecule has 140 valence electrons. The zero-order valence-corrected chi connectivity index (χ0v) is 15.9. The van der Waals surface area contributed by atoms with E-state index in [1.165, 1.54) is 0 Å². The van der Waals surface area contributed by atoms with Crippen molar-refractivity contribution in [3.8, 4) is 5.75 Å². The molecule has 0 atom stereocenters. The van der Waals surface area contributed by atoms with Crippen LogP contribution < -0.4 is 10.9 Å². The summed E-state index contributed by atoms with van der Waals surface area (Å²) in [7, 11) is 0. The molecule has 3 aromatic rings. The van der Waals surface area contributed by atoms with Gasteiger partial charge in [-0.05, 0) is 44.0 Å². The molecule has 0 bridgehead atoms. The Morgan fingerprint density at radius 3 is 2.59 bits per heavy atom. The van der Waals surface area contributed by atoms with Gasteiger partial charge < -0.3 is 15.0 Å². The maximum atomic E-state index is 13.0. The van der Waals surface area contributed by atoms with E-state index in [1.54, 1.807) is 28.8 Å². The lowest BCUT2D eigenvalue weighted by molar-refractivity contribution is 0.102. The number of benzene rings is 2. The van der Waals surface area contributed by atoms with Crippen LogP contribution in [-0.4, -0.2) is 15.6 Å². The lowest BCUT2D eigenvalue weighted by atomic mass is 10.1. The summed E-state index contributed by atoms with van der Waals surface area (Å²) in [6.07, 6.45) is 1.73. The summed E-state index contributed by atoms with van der Waals surface area (Å²) in [4.78, 5) is 25.9. The Labute approximate surface area is 158 Å². The Kier molecular flexibility index (Phi) is 5.31. The van der Waals surface area contributed by atoms with E-state index >= 15 is 0 Å². The standard InChI is InChI=1S/C22H24N2O3/c1-4-5-12-24-18-9-7-6-8-16(18)20(25)19(22(24)27)21(26)23-17-11-10-14(2)13-15(17)3/h6-11,13,25H,4-5,12H2,1-3H3,(H,23,26). The molecule has 0 aliphatic carbocycles. The van der Waals surface area contributed by atoms with Crippen LogP contribution in [0, 0.1) is 13.8 Å². The van der Waals surface area contributed by atoms with Gasteiger partial charge >= 0.3 is 0 Å². The van der Waals surface area contributed by atoms with Crippen molar-refractivity contribution < 1.29 is 9.90 Å². The van der Waals surface area contributed by atoms with E-state index in [0.717, 1.165) is 24.0 Å². The van der Waals surface area contributed by atoms with Crippen molar-refractivity contribution in [2.45, 2.75) is 40.2 Å². The van der Waals surface area contributed by atoms with Gasteiger partial charge in [-0.3, -0.25) is 9.59 Å². The number of pyridine rings is 1. The van der Waals surface area contributed by atoms with Gasteiger partial charge in [0.1, 0.15) is 11.3 Å². The molecule has 0 saturated carbocycles. The summed E-state index contributed by atoms with van der Waals surface area (Å²) < 4.78 is 1.58. The monoisotopic (exact) mass is 364 g/mol. The normalized spacial score (nSPS) is 10.9. The fraction of sp³-hybridized carbons (Fsp3) is 0.273. The van der Waals surface area contributed by atoms with Crippen LogP contribution in [0.1, 0.15) is 41.3 Å². The number of aryl methyl sites for hydroxylation is 3. The number of fused-ring (bicyclic) bond motifs is 1. The Balaban J connectivity index is 2.12. The average Bonchev–Trinajstić information content (AvgIpc) is 2.64. The second kappa shape index (κ2) is 7.66. The van der Waals surface area contributed by atoms with E-state index in [2.05, 4.69) is 5.32 Å². The first kappa shape index (κ1) is 18.7. The van der Waals surface area contributed by atoms with Crippen molar-refractivity contribution in [3.05, 3.63) is 69.5 Å². The highest BCUT2D eigenvalue weighted by Gasteiger charge is 2.22. The van der Waals surface area contributed by atoms with Crippen LogP contribution >= 0.6 is 0 Å². The Morgan fingerprint density at radius 2 is 1.89 bits per heavy atom. The number of para-hydroxylation sites is 1. The first-order valence-corrected chi connectivity index (χ1v) is 9.17. The van der Waals surface area contributed by atoms with Gasteiger partial charge in [0.2, 0.25) is 0 Å². The zero-order valence-electron chi connectivity index (χ0n) is 15.9. The largest absolute Gasteiger partial charge is 0.506 e. The minimum Gasteiger partial charge on any atom is -0.506 e. The predicted molar refractivity (Wildman–Crippen MR) is 109 cm³/mol. The fourth-order valence-electron chi connectivity index (χ4n) is 3.27. The van der Waals surface area contributed by atoms with Crippen LogP contribution in [0.15, 0.2) is 47.3 Å². The van der Waals surface area contributed by atoms with Gasteiger partial charge in [-0.2, -0.15) is 0 Å². The van der Waals surface area contributed by atoms with Crippen molar-refractivity contribution in [1.82, 2.24) is 4.57 Å². The number of aromatic nitrogens is 1. The van der Waals surface area contributed by atoms with Gasteiger partial charge in [0.05, 0.1) is 5.52 Å². The van der Waals surface area contributed by atoms with Crippen LogP contribution in [0.5, 0.6) is 5.75 Å². The quantitative estimate of drug-likeness (QED) is 0.706. The number of nitrogens with zero attached hydrogens (tertiary/aromatic N) is 1. The molecule has 0 fully saturated rings. The van der Waals surface area contributed by atoms with Gasteiger partial charge in [0.15, 0.2) is 0 Å². The second-order valence-electron chi connectivity index (χ2n) is 6.82. The molecule has 1 aromatic heterocycles. The van der Waals surface area contributed by atoms with Crippen LogP contribution in [0.2, 0.25) is 0 Å². The number of nitrogens with one attached hydrogen (secondary N) is 1. The number of anilines is 1. The molecule has 5 heteroatoms. The number of carbonyl (C=O) groups is 1. The maximum Gasteiger partial charge on any atom is 0.267 e. The molecule has 0 aliphatic heterocycles. The van der Waals surface area contributed by atoms with E-state index < -0.39 is 11.5 Å². The molecule has 0 aliphatic rings. The number of unbranched alkanes of at least 4 members (excludes halogenated alkanes) is 1. The molecule has 2 N–H and O–H groups in total. The summed E-state index contributed by atoms with van der Waals surface area (Å²) in [6, 6.07) is 12.8. The molecular weight excluding hydrogens is 340 g/mol. The van der Waals surface area contributed by atoms with Gasteiger partial charge in [-0.15, -0.1) is 0 Å². The SMILES string of the molecule is CCCCn1c(=O)c(C(=O)Nc2ccc(C)cc2C)c(O)c2ccccc21. The summed E-state index contributed by atoms with van der Waals surface area (Å²) in [5.41, 5.74) is 2.55. The topological polar surface area (TPSA) is 71.3 Å². The third-order valence-corrected chi connectivity index (χ3v) is 4.74. The van der Waals surface area contributed by atoms with Crippen LogP contribution in [0.25, 0.3) is 10.9 Å². The number of rotatable bonds is 5. The lowest BCUT2D eigenvalue weighted by Gasteiger charge is -2.15. The van der Waals surface area contributed by atoms with Crippen molar-refractivity contribution >= 4 is 22.5 Å². The van der Waals surface area contributed by atoms with Gasteiger partial charge in [-0.1, -0.05) is 43.2 Å². The lowest BCUT2D eigenvalue weighted by Crippen LogP contribution is -2.30. The molecule has 2 aromatic carbocycles. The molecule has 0 unspecified atom stereocenters. The van der Waals surface area contributed by atoms with Gasteiger partial charge in [0, 0.05) is 17.6 Å². The molecule has 27 heavy (non-hydrogen) atoms. The summed E-state index contributed by atoms with van der Waals surface area (Å²) >= 11 is 0. The van der Waals surface area contributed by atoms with Crippen LogP contribution in [0.4, 0.5) is 5.69 Å². The molecule has 3 rings (SSSR count). The number of amides is 1. The highest BCUT2D eigenvalue weighted by molar-refractivity contribution is 6.09. The van der Waals surface area contributed by atoms with E-state index in [1.807, 2.05) is 39.0 Å². The first-order valence-electron chi connectivity index (χ1n) is 9.17. The maximum absolute atomic E-state index is 13.0. The summed E-state index contributed by atoms with van der Waals surface area (Å²) in [6.45, 7) is 6.41. The zero-order chi connectivity index (χ0) is 19.6. The summed E-state index contributed by atoms with van der Waals surface area (Å²) in [5, 5.41) is 13.9. The first-order chi connectivity index (χ1) is 12.9. The van der Waals surface area contributed by atoms with E-state index in [4.69, 9.17) is 0 Å². The van der Waals surface area contributed by atoms with Gasteiger partial charge in [-0.25, -0.2) is 0 Å². The summed E-state index contributed by atoms with van der Waals surface area (Å²) in [5.74, 6) is -0.869. The third kappa shape index (κ3) is 3.58. The highest BCUT2D eigenvalue weighted by Crippen LogP contribution is 2.27. The molecule has 5 nitrogen and oxygen atoms in total. The number of hydrogen-bond acceptors (Lipinski definition) is 3. The van der Waals surface area contributed by atoms with E-state index in [-0.39, 0.29) is 11.3 Å². The third-order valence-electron chi connectivity index (χ3n) is 4.74. The molecule has 0 spiro atoms. The Bertz CT molecular complexity index is 1070. The van der Waals surface area contributed by atoms with Crippen LogP contribution in [-0.2, 0) is 6.54 Å². The average molecular weight is 364 g/mol. The van der Waals surface area contributed by atoms with E-state index in [9.17, 15) is 14.7 Å². The van der Waals surface area contributed by atoms with E-state index in [0.29, 0.717) is 23.1 Å². The molecular formula is C22H24N2O3. The number of hydrogen-bond donors (Lipinski definition) is 2. The molecule has 1 heterocycles. The van der Waals surface area contributed by atoms with Crippen molar-refractivity contribution in [3.63, 3.8) is 0 Å². The minimum absolute atomic E-state index is 0.218.